The summed E-state index contributed by atoms with van der Waals surface area (Å²) in [6, 6.07) is 1.56. The number of rotatable bonds is 7. The van der Waals surface area contributed by atoms with E-state index in [-0.39, 0.29) is 5.69 Å². The van der Waals surface area contributed by atoms with E-state index in [9.17, 15) is 4.79 Å². The molecule has 0 bridgehead atoms. The zero-order chi connectivity index (χ0) is 15.2. The van der Waals surface area contributed by atoms with Crippen LogP contribution >= 0.6 is 0 Å². The van der Waals surface area contributed by atoms with Crippen LogP contribution in [0.2, 0.25) is 0 Å². The van der Waals surface area contributed by atoms with Crippen LogP contribution in [0.15, 0.2) is 18.5 Å². The highest BCUT2D eigenvalue weighted by Crippen LogP contribution is 2.23. The van der Waals surface area contributed by atoms with Gasteiger partial charge in [0.15, 0.2) is 5.75 Å². The van der Waals surface area contributed by atoms with Crippen LogP contribution < -0.4 is 20.5 Å². The maximum absolute atomic E-state index is 10.9. The number of aromatic nitrogens is 4. The van der Waals surface area contributed by atoms with E-state index in [1.807, 2.05) is 0 Å². The first-order chi connectivity index (χ1) is 10.1. The highest BCUT2D eigenvalue weighted by Gasteiger charge is 2.08. The first-order valence-corrected chi connectivity index (χ1v) is 6.16. The van der Waals surface area contributed by atoms with Gasteiger partial charge in [0.2, 0.25) is 5.95 Å². The smallest absolute Gasteiger partial charge is 0.269 e. The normalized spacial score (nSPS) is 10.2. The van der Waals surface area contributed by atoms with Gasteiger partial charge in [0.1, 0.15) is 5.69 Å². The second-order valence-electron chi connectivity index (χ2n) is 4.03. The number of hydrogen-bond donors (Lipinski definition) is 2. The van der Waals surface area contributed by atoms with E-state index >= 15 is 0 Å². The van der Waals surface area contributed by atoms with Gasteiger partial charge in [0.05, 0.1) is 27.0 Å². The number of amides is 1. The standard InChI is InChI=1S/C12H16N6O3/c1-20-9-7-15-12(16-11(9)21-2)14-4-6-18-5-3-8(17-18)10(13)19/h3,5,7H,4,6H2,1-2H3,(H2,13,19)(H,14,15,16). The lowest BCUT2D eigenvalue weighted by molar-refractivity contribution is 0.0994. The summed E-state index contributed by atoms with van der Waals surface area (Å²) in [4.78, 5) is 19.2. The molecule has 9 heteroatoms. The van der Waals surface area contributed by atoms with Gasteiger partial charge in [0, 0.05) is 12.7 Å². The maximum Gasteiger partial charge on any atom is 0.269 e. The van der Waals surface area contributed by atoms with Gasteiger partial charge in [-0.1, -0.05) is 0 Å². The van der Waals surface area contributed by atoms with Gasteiger partial charge in [-0.2, -0.15) is 10.1 Å². The third kappa shape index (κ3) is 3.59. The van der Waals surface area contributed by atoms with E-state index in [4.69, 9.17) is 15.2 Å². The molecule has 0 aliphatic carbocycles. The molecule has 0 aliphatic heterocycles. The zero-order valence-electron chi connectivity index (χ0n) is 11.7. The molecule has 0 spiro atoms. The molecule has 0 saturated carbocycles. The molecular weight excluding hydrogens is 276 g/mol. The van der Waals surface area contributed by atoms with Gasteiger partial charge >= 0.3 is 0 Å². The van der Waals surface area contributed by atoms with Crippen molar-refractivity contribution in [3.63, 3.8) is 0 Å². The summed E-state index contributed by atoms with van der Waals surface area (Å²) in [6.07, 6.45) is 3.20. The Hall–Kier alpha value is -2.84. The summed E-state index contributed by atoms with van der Waals surface area (Å²) in [7, 11) is 3.02. The molecule has 0 atom stereocenters. The lowest BCUT2D eigenvalue weighted by Gasteiger charge is -2.09. The van der Waals surface area contributed by atoms with Crippen LogP contribution in [-0.2, 0) is 6.54 Å². The van der Waals surface area contributed by atoms with Crippen LogP contribution in [0.25, 0.3) is 0 Å². The molecule has 1 amide bonds. The summed E-state index contributed by atoms with van der Waals surface area (Å²) in [5.74, 6) is 0.672. The average Bonchev–Trinajstić information content (AvgIpc) is 2.96. The van der Waals surface area contributed by atoms with Crippen LogP contribution in [0.5, 0.6) is 11.6 Å². The monoisotopic (exact) mass is 292 g/mol. The Bertz CT molecular complexity index is 627. The molecule has 2 rings (SSSR count). The second-order valence-corrected chi connectivity index (χ2v) is 4.03. The molecule has 2 heterocycles. The maximum atomic E-state index is 10.9. The molecule has 2 aromatic rings. The summed E-state index contributed by atoms with van der Waals surface area (Å²) in [5, 5.41) is 7.04. The Kier molecular flexibility index (Phi) is 4.54. The zero-order valence-corrected chi connectivity index (χ0v) is 11.7. The topological polar surface area (TPSA) is 117 Å². The van der Waals surface area contributed by atoms with Crippen LogP contribution in [-0.4, -0.2) is 46.4 Å². The van der Waals surface area contributed by atoms with E-state index in [0.29, 0.717) is 30.7 Å². The van der Waals surface area contributed by atoms with Crippen molar-refractivity contribution >= 4 is 11.9 Å². The Morgan fingerprint density at radius 2 is 2.24 bits per heavy atom. The molecule has 0 radical (unpaired) electrons. The molecular formula is C12H16N6O3. The number of nitrogens with two attached hydrogens (primary N) is 1. The van der Waals surface area contributed by atoms with E-state index < -0.39 is 5.91 Å². The SMILES string of the molecule is COc1cnc(NCCn2ccc(C(N)=O)n2)nc1OC. The van der Waals surface area contributed by atoms with Gasteiger partial charge in [-0.05, 0) is 6.07 Å². The third-order valence-corrected chi connectivity index (χ3v) is 2.65. The highest BCUT2D eigenvalue weighted by molar-refractivity contribution is 5.90. The minimum atomic E-state index is -0.551. The summed E-state index contributed by atoms with van der Waals surface area (Å²) in [6.45, 7) is 1.06. The van der Waals surface area contributed by atoms with Crippen molar-refractivity contribution in [3.05, 3.63) is 24.2 Å². The molecule has 9 nitrogen and oxygen atoms in total. The van der Waals surface area contributed by atoms with Crippen molar-refractivity contribution in [2.75, 3.05) is 26.1 Å². The van der Waals surface area contributed by atoms with E-state index in [2.05, 4.69) is 20.4 Å². The molecule has 2 aromatic heterocycles. The summed E-state index contributed by atoms with van der Waals surface area (Å²) in [5.41, 5.74) is 5.36. The Balaban J connectivity index is 1.92. The average molecular weight is 292 g/mol. The molecule has 0 saturated heterocycles. The predicted molar refractivity (Wildman–Crippen MR) is 74.4 cm³/mol. The van der Waals surface area contributed by atoms with Crippen LogP contribution in [0.3, 0.4) is 0 Å². The minimum absolute atomic E-state index is 0.234. The number of primary amides is 1. The van der Waals surface area contributed by atoms with Crippen molar-refractivity contribution in [2.24, 2.45) is 5.73 Å². The van der Waals surface area contributed by atoms with Gasteiger partial charge in [-0.25, -0.2) is 4.98 Å². The molecule has 0 aromatic carbocycles. The van der Waals surface area contributed by atoms with Crippen molar-refractivity contribution in [3.8, 4) is 11.6 Å². The number of hydrogen-bond acceptors (Lipinski definition) is 7. The number of nitrogens with zero attached hydrogens (tertiary/aromatic N) is 4. The van der Waals surface area contributed by atoms with Crippen LogP contribution in [0.1, 0.15) is 10.5 Å². The molecule has 0 aliphatic rings. The van der Waals surface area contributed by atoms with Crippen molar-refractivity contribution in [1.29, 1.82) is 0 Å². The van der Waals surface area contributed by atoms with Crippen molar-refractivity contribution in [2.45, 2.75) is 6.54 Å². The number of ether oxygens (including phenoxy) is 2. The molecule has 3 N–H and O–H groups in total. The Labute approximate surface area is 121 Å². The number of methoxy groups -OCH3 is 2. The number of carbonyl (C=O) groups excluding carboxylic acids is 1. The Morgan fingerprint density at radius 3 is 2.86 bits per heavy atom. The first kappa shape index (κ1) is 14.6. The van der Waals surface area contributed by atoms with E-state index in [1.165, 1.54) is 20.4 Å². The largest absolute Gasteiger partial charge is 0.490 e. The van der Waals surface area contributed by atoms with Gasteiger partial charge < -0.3 is 20.5 Å². The third-order valence-electron chi connectivity index (χ3n) is 2.65. The van der Waals surface area contributed by atoms with Crippen molar-refractivity contribution in [1.82, 2.24) is 19.7 Å². The van der Waals surface area contributed by atoms with Crippen LogP contribution in [0, 0.1) is 0 Å². The molecule has 0 unspecified atom stereocenters. The lowest BCUT2D eigenvalue weighted by atomic mass is 10.4. The molecule has 112 valence electrons. The summed E-state index contributed by atoms with van der Waals surface area (Å²) >= 11 is 0. The quantitative estimate of drug-likeness (QED) is 0.731. The second kappa shape index (κ2) is 6.55. The highest BCUT2D eigenvalue weighted by atomic mass is 16.5. The first-order valence-electron chi connectivity index (χ1n) is 6.16. The predicted octanol–water partition coefficient (Wildman–Crippen LogP) is -0.0987. The minimum Gasteiger partial charge on any atom is -0.490 e. The van der Waals surface area contributed by atoms with Crippen molar-refractivity contribution < 1.29 is 14.3 Å². The van der Waals surface area contributed by atoms with E-state index in [1.54, 1.807) is 16.9 Å². The number of anilines is 1. The Morgan fingerprint density at radius 1 is 1.43 bits per heavy atom. The molecule has 0 fully saturated rings. The van der Waals surface area contributed by atoms with Gasteiger partial charge in [0.25, 0.3) is 11.8 Å². The van der Waals surface area contributed by atoms with Gasteiger partial charge in [-0.3, -0.25) is 9.48 Å². The number of carbonyl (C=O) groups is 1. The summed E-state index contributed by atoms with van der Waals surface area (Å²) < 4.78 is 11.7. The fraction of sp³-hybridized carbons (Fsp3) is 0.333. The fourth-order valence-corrected chi connectivity index (χ4v) is 1.63. The lowest BCUT2D eigenvalue weighted by Crippen LogP contribution is -2.15. The fourth-order valence-electron chi connectivity index (χ4n) is 1.63. The molecule has 21 heavy (non-hydrogen) atoms. The van der Waals surface area contributed by atoms with E-state index in [0.717, 1.165) is 0 Å². The van der Waals surface area contributed by atoms with Crippen LogP contribution in [0.4, 0.5) is 5.95 Å². The number of nitrogens with one attached hydrogen (secondary N) is 1. The van der Waals surface area contributed by atoms with Gasteiger partial charge in [-0.15, -0.1) is 0 Å².